The summed E-state index contributed by atoms with van der Waals surface area (Å²) >= 11 is 0. The summed E-state index contributed by atoms with van der Waals surface area (Å²) in [6.45, 7) is 7.48. The van der Waals surface area contributed by atoms with Gasteiger partial charge < -0.3 is 15.0 Å². The second-order valence-electron chi connectivity index (χ2n) is 5.90. The zero-order valence-corrected chi connectivity index (χ0v) is 13.5. The Hall–Kier alpha value is -2.04. The molecule has 1 saturated heterocycles. The number of nitrogens with one attached hydrogen (secondary N) is 1. The second kappa shape index (κ2) is 7.29. The highest BCUT2D eigenvalue weighted by atomic mass is 16.5. The Balaban J connectivity index is 1.93. The van der Waals surface area contributed by atoms with Crippen LogP contribution in [0.2, 0.25) is 0 Å². The summed E-state index contributed by atoms with van der Waals surface area (Å²) < 4.78 is 5.41. The molecule has 1 fully saturated rings. The average Bonchev–Trinajstić information content (AvgIpc) is 2.87. The fraction of sp³-hybridized carbons (Fsp3) is 0.529. The van der Waals surface area contributed by atoms with E-state index in [2.05, 4.69) is 5.32 Å². The third-order valence-corrected chi connectivity index (χ3v) is 3.75. The number of rotatable bonds is 6. The summed E-state index contributed by atoms with van der Waals surface area (Å²) in [5, 5.41) is 2.90. The molecule has 1 N–H and O–H groups in total. The molecule has 1 aromatic rings. The molecule has 1 aliphatic rings. The van der Waals surface area contributed by atoms with Crippen LogP contribution in [0.3, 0.4) is 0 Å². The highest BCUT2D eigenvalue weighted by molar-refractivity contribution is 5.95. The number of carbonyl (C=O) groups excluding carboxylic acids is 2. The van der Waals surface area contributed by atoms with Crippen molar-refractivity contribution in [2.75, 3.05) is 24.6 Å². The summed E-state index contributed by atoms with van der Waals surface area (Å²) in [6, 6.07) is 7.55. The molecular formula is C17H24N2O3. The topological polar surface area (TPSA) is 58.6 Å². The fourth-order valence-corrected chi connectivity index (χ4v) is 2.51. The lowest BCUT2D eigenvalue weighted by atomic mass is 10.1. The smallest absolute Gasteiger partial charge is 0.227 e. The molecule has 1 heterocycles. The van der Waals surface area contributed by atoms with Crippen molar-refractivity contribution in [3.63, 3.8) is 0 Å². The quantitative estimate of drug-likeness (QED) is 0.876. The van der Waals surface area contributed by atoms with E-state index in [9.17, 15) is 9.59 Å². The van der Waals surface area contributed by atoms with Gasteiger partial charge >= 0.3 is 0 Å². The van der Waals surface area contributed by atoms with Crippen LogP contribution in [0.15, 0.2) is 24.3 Å². The Kier molecular flexibility index (Phi) is 5.41. The van der Waals surface area contributed by atoms with Gasteiger partial charge in [-0.05, 0) is 31.2 Å². The first kappa shape index (κ1) is 16.3. The SMILES string of the molecule is CCOc1ccc(N2C[C@@H](CNC(=O)C(C)C)CC2=O)cc1. The summed E-state index contributed by atoms with van der Waals surface area (Å²) in [5.74, 6) is 1.08. The lowest BCUT2D eigenvalue weighted by molar-refractivity contribution is -0.124. The van der Waals surface area contributed by atoms with Crippen molar-refractivity contribution in [3.8, 4) is 5.75 Å². The minimum atomic E-state index is -0.0284. The first-order chi connectivity index (χ1) is 10.5. The number of hydrogen-bond acceptors (Lipinski definition) is 3. The Morgan fingerprint density at radius 3 is 2.64 bits per heavy atom. The zero-order chi connectivity index (χ0) is 16.1. The Labute approximate surface area is 131 Å². The maximum absolute atomic E-state index is 12.2. The van der Waals surface area contributed by atoms with Crippen molar-refractivity contribution in [1.82, 2.24) is 5.32 Å². The Morgan fingerprint density at radius 2 is 2.05 bits per heavy atom. The molecule has 0 aliphatic carbocycles. The van der Waals surface area contributed by atoms with Crippen molar-refractivity contribution in [2.45, 2.75) is 27.2 Å². The number of hydrogen-bond donors (Lipinski definition) is 1. The lowest BCUT2D eigenvalue weighted by Gasteiger charge is -2.17. The second-order valence-corrected chi connectivity index (χ2v) is 5.90. The van der Waals surface area contributed by atoms with Gasteiger partial charge in [0.25, 0.3) is 0 Å². The van der Waals surface area contributed by atoms with Gasteiger partial charge in [0.2, 0.25) is 11.8 Å². The molecule has 0 spiro atoms. The monoisotopic (exact) mass is 304 g/mol. The van der Waals surface area contributed by atoms with E-state index >= 15 is 0 Å². The van der Waals surface area contributed by atoms with Crippen molar-refractivity contribution >= 4 is 17.5 Å². The fourth-order valence-electron chi connectivity index (χ4n) is 2.51. The first-order valence-electron chi connectivity index (χ1n) is 7.82. The molecule has 2 amide bonds. The van der Waals surface area contributed by atoms with Gasteiger partial charge in [0.05, 0.1) is 6.61 Å². The number of carbonyl (C=O) groups is 2. The van der Waals surface area contributed by atoms with Crippen LogP contribution < -0.4 is 15.0 Å². The van der Waals surface area contributed by atoms with E-state index < -0.39 is 0 Å². The van der Waals surface area contributed by atoms with Crippen LogP contribution in [0.4, 0.5) is 5.69 Å². The van der Waals surface area contributed by atoms with Gasteiger partial charge in [-0.3, -0.25) is 9.59 Å². The predicted octanol–water partition coefficient (Wildman–Crippen LogP) is 2.21. The van der Waals surface area contributed by atoms with E-state index in [0.717, 1.165) is 11.4 Å². The van der Waals surface area contributed by atoms with Crippen LogP contribution in [-0.4, -0.2) is 31.5 Å². The van der Waals surface area contributed by atoms with Crippen LogP contribution in [0.25, 0.3) is 0 Å². The molecule has 0 unspecified atom stereocenters. The van der Waals surface area contributed by atoms with Crippen molar-refractivity contribution in [1.29, 1.82) is 0 Å². The number of amides is 2. The summed E-state index contributed by atoms with van der Waals surface area (Å²) in [4.78, 5) is 25.5. The van der Waals surface area contributed by atoms with E-state index in [1.165, 1.54) is 0 Å². The molecule has 1 aromatic carbocycles. The van der Waals surface area contributed by atoms with Crippen LogP contribution in [0.5, 0.6) is 5.75 Å². The van der Waals surface area contributed by atoms with Crippen LogP contribution >= 0.6 is 0 Å². The van der Waals surface area contributed by atoms with Gasteiger partial charge in [0, 0.05) is 37.0 Å². The van der Waals surface area contributed by atoms with Crippen molar-refractivity contribution in [3.05, 3.63) is 24.3 Å². The van der Waals surface area contributed by atoms with Crippen LogP contribution in [0, 0.1) is 11.8 Å². The van der Waals surface area contributed by atoms with Gasteiger partial charge in [-0.15, -0.1) is 0 Å². The number of benzene rings is 1. The predicted molar refractivity (Wildman–Crippen MR) is 85.9 cm³/mol. The number of nitrogens with zero attached hydrogens (tertiary/aromatic N) is 1. The van der Waals surface area contributed by atoms with Gasteiger partial charge in [-0.25, -0.2) is 0 Å². The van der Waals surface area contributed by atoms with Crippen LogP contribution in [-0.2, 0) is 9.59 Å². The molecular weight excluding hydrogens is 280 g/mol. The summed E-state index contributed by atoms with van der Waals surface area (Å²) in [6.07, 6.45) is 0.478. The van der Waals surface area contributed by atoms with Crippen molar-refractivity contribution < 1.29 is 14.3 Å². The highest BCUT2D eigenvalue weighted by Gasteiger charge is 2.30. The standard InChI is InChI=1S/C17H24N2O3/c1-4-22-15-7-5-14(6-8-15)19-11-13(9-16(19)20)10-18-17(21)12(2)3/h5-8,12-13H,4,9-11H2,1-3H3,(H,18,21)/t13-/m1/s1. The van der Waals surface area contributed by atoms with E-state index in [-0.39, 0.29) is 23.7 Å². The van der Waals surface area contributed by atoms with Gasteiger partial charge in [-0.1, -0.05) is 13.8 Å². The zero-order valence-electron chi connectivity index (χ0n) is 13.5. The van der Waals surface area contributed by atoms with E-state index in [1.54, 1.807) is 4.90 Å². The normalized spacial score (nSPS) is 17.9. The number of anilines is 1. The summed E-state index contributed by atoms with van der Waals surface area (Å²) in [7, 11) is 0. The molecule has 2 rings (SSSR count). The Morgan fingerprint density at radius 1 is 1.36 bits per heavy atom. The molecule has 0 saturated carbocycles. The minimum absolute atomic E-state index is 0.0284. The molecule has 1 atom stereocenters. The largest absolute Gasteiger partial charge is 0.494 e. The maximum atomic E-state index is 12.2. The number of ether oxygens (including phenoxy) is 1. The highest BCUT2D eigenvalue weighted by Crippen LogP contribution is 2.26. The average molecular weight is 304 g/mol. The third-order valence-electron chi connectivity index (χ3n) is 3.75. The maximum Gasteiger partial charge on any atom is 0.227 e. The molecule has 1 aliphatic heterocycles. The molecule has 5 nitrogen and oxygen atoms in total. The van der Waals surface area contributed by atoms with E-state index in [4.69, 9.17) is 4.74 Å². The molecule has 0 bridgehead atoms. The Bertz CT molecular complexity index is 525. The minimum Gasteiger partial charge on any atom is -0.494 e. The first-order valence-corrected chi connectivity index (χ1v) is 7.82. The summed E-state index contributed by atoms with van der Waals surface area (Å²) in [5.41, 5.74) is 0.881. The molecule has 0 radical (unpaired) electrons. The van der Waals surface area contributed by atoms with Gasteiger partial charge in [0.1, 0.15) is 5.75 Å². The molecule has 0 aromatic heterocycles. The van der Waals surface area contributed by atoms with Crippen LogP contribution in [0.1, 0.15) is 27.2 Å². The lowest BCUT2D eigenvalue weighted by Crippen LogP contribution is -2.33. The van der Waals surface area contributed by atoms with E-state index in [0.29, 0.717) is 26.1 Å². The molecule has 22 heavy (non-hydrogen) atoms. The molecule has 5 heteroatoms. The van der Waals surface area contributed by atoms with Crippen molar-refractivity contribution in [2.24, 2.45) is 11.8 Å². The molecule has 120 valence electrons. The van der Waals surface area contributed by atoms with E-state index in [1.807, 2.05) is 45.0 Å². The van der Waals surface area contributed by atoms with Gasteiger partial charge in [-0.2, -0.15) is 0 Å². The van der Waals surface area contributed by atoms with Gasteiger partial charge in [0.15, 0.2) is 0 Å². The third kappa shape index (κ3) is 4.00.